The van der Waals surface area contributed by atoms with E-state index in [9.17, 15) is 14.4 Å². The van der Waals surface area contributed by atoms with E-state index in [1.54, 1.807) is 33.5 Å². The summed E-state index contributed by atoms with van der Waals surface area (Å²) in [6.45, 7) is 10.1. The molecule has 0 radical (unpaired) electrons. The molecule has 4 rings (SSSR count). The Bertz CT molecular complexity index is 1390. The molecule has 43 heavy (non-hydrogen) atoms. The Kier molecular flexibility index (Phi) is 10.6. The average Bonchev–Trinajstić information content (AvgIpc) is 3.32. The molecule has 0 saturated carbocycles. The van der Waals surface area contributed by atoms with Gasteiger partial charge in [-0.1, -0.05) is 26.8 Å². The summed E-state index contributed by atoms with van der Waals surface area (Å²) in [5, 5.41) is 9.41. The quantitative estimate of drug-likeness (QED) is 0.359. The number of hydrogen-bond donors (Lipinski definition) is 3. The van der Waals surface area contributed by atoms with E-state index in [4.69, 9.17) is 14.2 Å². The van der Waals surface area contributed by atoms with Gasteiger partial charge in [0.05, 0.1) is 33.1 Å². The number of anilines is 1. The monoisotopic (exact) mass is 594 g/mol. The van der Waals surface area contributed by atoms with Gasteiger partial charge in [-0.25, -0.2) is 0 Å². The van der Waals surface area contributed by atoms with Crippen molar-refractivity contribution < 1.29 is 23.8 Å². The molecule has 2 aromatic carbocycles. The second-order valence-electron chi connectivity index (χ2n) is 11.6. The molecule has 0 unspecified atom stereocenters. The van der Waals surface area contributed by atoms with Gasteiger partial charge < -0.3 is 30.2 Å². The smallest absolute Gasteiger partial charge is 0.242 e. The Morgan fingerprint density at radius 1 is 1.05 bits per heavy atom. The molecule has 1 heterocycles. The van der Waals surface area contributed by atoms with Crippen LogP contribution in [0, 0.1) is 5.92 Å². The molecule has 1 aliphatic carbocycles. The lowest BCUT2D eigenvalue weighted by Crippen LogP contribution is -2.47. The maximum Gasteiger partial charge on any atom is 0.242 e. The van der Waals surface area contributed by atoms with Crippen LogP contribution >= 0.6 is 0 Å². The van der Waals surface area contributed by atoms with Crippen molar-refractivity contribution in [2.75, 3.05) is 46.3 Å². The van der Waals surface area contributed by atoms with Crippen molar-refractivity contribution >= 4 is 17.5 Å². The molecule has 1 aliphatic heterocycles. The molecular formula is C33H46N4O6. The Morgan fingerprint density at radius 3 is 2.42 bits per heavy atom. The fourth-order valence-corrected chi connectivity index (χ4v) is 6.40. The van der Waals surface area contributed by atoms with E-state index in [0.717, 1.165) is 42.6 Å². The van der Waals surface area contributed by atoms with Gasteiger partial charge in [0.25, 0.3) is 0 Å². The van der Waals surface area contributed by atoms with Crippen LogP contribution in [0.5, 0.6) is 17.2 Å². The van der Waals surface area contributed by atoms with Crippen LogP contribution < -0.4 is 35.6 Å². The van der Waals surface area contributed by atoms with Gasteiger partial charge in [-0.2, -0.15) is 0 Å². The molecule has 1 fully saturated rings. The lowest BCUT2D eigenvalue weighted by molar-refractivity contribution is -0.123. The minimum Gasteiger partial charge on any atom is -0.493 e. The van der Waals surface area contributed by atoms with Crippen molar-refractivity contribution in [2.45, 2.75) is 71.5 Å². The van der Waals surface area contributed by atoms with E-state index in [1.165, 1.54) is 6.92 Å². The number of fused-ring (bicyclic) bond motifs is 3. The van der Waals surface area contributed by atoms with Crippen molar-refractivity contribution in [3.63, 3.8) is 0 Å². The highest BCUT2D eigenvalue weighted by molar-refractivity contribution is 5.86. The highest BCUT2D eigenvalue weighted by Gasteiger charge is 2.31. The number of methoxy groups -OCH3 is 3. The zero-order chi connectivity index (χ0) is 31.3. The zero-order valence-electron chi connectivity index (χ0n) is 26.5. The van der Waals surface area contributed by atoms with Crippen LogP contribution in [0.15, 0.2) is 29.1 Å². The van der Waals surface area contributed by atoms with Gasteiger partial charge in [-0.15, -0.1) is 0 Å². The van der Waals surface area contributed by atoms with Crippen molar-refractivity contribution in [2.24, 2.45) is 5.92 Å². The molecule has 234 valence electrons. The number of carbonyl (C=O) groups excluding carboxylic acids is 2. The molecule has 1 saturated heterocycles. The third-order valence-electron chi connectivity index (χ3n) is 8.59. The lowest BCUT2D eigenvalue weighted by atomic mass is 9.95. The number of benzene rings is 1. The summed E-state index contributed by atoms with van der Waals surface area (Å²) in [6.07, 6.45) is 3.38. The first-order chi connectivity index (χ1) is 20.6. The van der Waals surface area contributed by atoms with Gasteiger partial charge in [0.1, 0.15) is 6.04 Å². The predicted molar refractivity (Wildman–Crippen MR) is 168 cm³/mol. The summed E-state index contributed by atoms with van der Waals surface area (Å²) in [7, 11) is 4.70. The SMILES string of the molecule is CCN1CCC[C@@H]1CNC(=O)[C@H](Nc1ccc2c(cc1=O)[C@H](NC(C)=O)CCc1cc(OC)c(OC)c(OC)c1-2)C(C)C. The van der Waals surface area contributed by atoms with Gasteiger partial charge in [-0.05, 0) is 79.6 Å². The number of aryl methyl sites for hydroxylation is 1. The first-order valence-corrected chi connectivity index (χ1v) is 15.2. The van der Waals surface area contributed by atoms with Crippen LogP contribution in [0.3, 0.4) is 0 Å². The largest absolute Gasteiger partial charge is 0.493 e. The van der Waals surface area contributed by atoms with E-state index in [-0.39, 0.29) is 23.2 Å². The summed E-state index contributed by atoms with van der Waals surface area (Å²) in [6, 6.07) is 6.38. The van der Waals surface area contributed by atoms with Crippen molar-refractivity contribution in [1.29, 1.82) is 0 Å². The third kappa shape index (κ3) is 6.90. The van der Waals surface area contributed by atoms with Gasteiger partial charge in [-0.3, -0.25) is 19.3 Å². The zero-order valence-corrected chi connectivity index (χ0v) is 26.5. The van der Waals surface area contributed by atoms with Crippen LogP contribution in [0.4, 0.5) is 5.69 Å². The maximum absolute atomic E-state index is 13.8. The van der Waals surface area contributed by atoms with E-state index < -0.39 is 12.1 Å². The first kappa shape index (κ1) is 32.1. The first-order valence-electron chi connectivity index (χ1n) is 15.2. The van der Waals surface area contributed by atoms with Crippen LogP contribution in [0.2, 0.25) is 0 Å². The Balaban J connectivity index is 1.77. The normalized spacial score (nSPS) is 18.6. The molecule has 2 aliphatic rings. The highest BCUT2D eigenvalue weighted by Crippen LogP contribution is 2.50. The van der Waals surface area contributed by atoms with Crippen LogP contribution in [0.25, 0.3) is 11.1 Å². The molecule has 2 aromatic rings. The standard InChI is InChI=1S/C33H46N4O6/c1-8-37-15-9-10-22(37)18-34-33(40)30(19(2)3)36-26-14-12-23-24(17-27(26)39)25(35-20(4)38)13-11-21-16-28(41-5)31(42-6)32(43-7)29(21)23/h12,14,16-17,19,22,25,30H,8-11,13,15,18H2,1-7H3,(H,34,40)(H,35,38)(H,36,39)/t22-,25-,30-/m1/s1. The van der Waals surface area contributed by atoms with Crippen molar-refractivity contribution in [3.05, 3.63) is 45.6 Å². The van der Waals surface area contributed by atoms with Crippen LogP contribution in [-0.4, -0.2) is 69.8 Å². The van der Waals surface area contributed by atoms with Gasteiger partial charge >= 0.3 is 0 Å². The highest BCUT2D eigenvalue weighted by atomic mass is 16.5. The second kappa shape index (κ2) is 14.1. The summed E-state index contributed by atoms with van der Waals surface area (Å²) >= 11 is 0. The van der Waals surface area contributed by atoms with Crippen LogP contribution in [0.1, 0.15) is 64.1 Å². The van der Waals surface area contributed by atoms with E-state index in [1.807, 2.05) is 26.0 Å². The number of nitrogens with one attached hydrogen (secondary N) is 3. The fraction of sp³-hybridized carbons (Fsp3) is 0.545. The lowest BCUT2D eigenvalue weighted by Gasteiger charge is -2.26. The number of likely N-dealkylation sites (tertiary alicyclic amines) is 1. The number of hydrogen-bond acceptors (Lipinski definition) is 8. The van der Waals surface area contributed by atoms with E-state index in [2.05, 4.69) is 27.8 Å². The second-order valence-corrected chi connectivity index (χ2v) is 11.6. The average molecular weight is 595 g/mol. The minimum absolute atomic E-state index is 0.0710. The van der Waals surface area contributed by atoms with Gasteiger partial charge in [0.2, 0.25) is 23.0 Å². The number of rotatable bonds is 11. The molecule has 10 heteroatoms. The summed E-state index contributed by atoms with van der Waals surface area (Å²) in [5.41, 5.74) is 3.17. The molecule has 0 spiro atoms. The molecule has 10 nitrogen and oxygen atoms in total. The Hall–Kier alpha value is -3.79. The maximum atomic E-state index is 13.8. The molecule has 3 N–H and O–H groups in total. The van der Waals surface area contributed by atoms with E-state index >= 15 is 0 Å². The van der Waals surface area contributed by atoms with Crippen LogP contribution in [-0.2, 0) is 16.0 Å². The van der Waals surface area contributed by atoms with E-state index in [0.29, 0.717) is 53.9 Å². The fourth-order valence-electron chi connectivity index (χ4n) is 6.40. The van der Waals surface area contributed by atoms with Gasteiger partial charge in [0, 0.05) is 25.1 Å². The molecular weight excluding hydrogens is 548 g/mol. The van der Waals surface area contributed by atoms with Crippen molar-refractivity contribution in [1.82, 2.24) is 15.5 Å². The Morgan fingerprint density at radius 2 is 1.79 bits per heavy atom. The number of nitrogens with zero attached hydrogens (tertiary/aromatic N) is 1. The molecule has 2 amide bonds. The molecule has 0 bridgehead atoms. The van der Waals surface area contributed by atoms with Crippen molar-refractivity contribution in [3.8, 4) is 28.4 Å². The summed E-state index contributed by atoms with van der Waals surface area (Å²) < 4.78 is 17.1. The molecule has 0 aromatic heterocycles. The van der Waals surface area contributed by atoms with Gasteiger partial charge in [0.15, 0.2) is 11.5 Å². The number of amides is 2. The topological polar surface area (TPSA) is 118 Å². The third-order valence-corrected chi connectivity index (χ3v) is 8.59. The number of likely N-dealkylation sites (N-methyl/N-ethyl adjacent to an activating group) is 1. The number of ether oxygens (including phenoxy) is 3. The summed E-state index contributed by atoms with van der Waals surface area (Å²) in [4.78, 5) is 41.8. The molecule has 3 atom stereocenters. The summed E-state index contributed by atoms with van der Waals surface area (Å²) in [5.74, 6) is 1.07. The Labute approximate surface area is 254 Å². The minimum atomic E-state index is -0.608. The number of carbonyl (C=O) groups is 2. The predicted octanol–water partition coefficient (Wildman–Crippen LogP) is 3.90.